The largest absolute Gasteiger partial charge is 0.493 e. The van der Waals surface area contributed by atoms with E-state index < -0.39 is 11.8 Å². The standard InChI is InChI=1S/C24H20BrClFN3O4/c1-14-7-8-17(11-19(14)26)29-23(31)24(32)30-28-12-15-9-18(25)22(21(10-15)33-2)34-13-16-5-3-4-6-20(16)27/h3-12H,13H2,1-2H3,(H,29,31)(H,30,32)/b28-12+. The maximum absolute atomic E-state index is 13.8. The number of carbonyl (C=O) groups is 2. The summed E-state index contributed by atoms with van der Waals surface area (Å²) in [5.41, 5.74) is 4.34. The van der Waals surface area contributed by atoms with Crippen molar-refractivity contribution in [2.75, 3.05) is 12.4 Å². The van der Waals surface area contributed by atoms with Crippen LogP contribution in [0.3, 0.4) is 0 Å². The lowest BCUT2D eigenvalue weighted by Crippen LogP contribution is -2.32. The predicted molar refractivity (Wildman–Crippen MR) is 132 cm³/mol. The Balaban J connectivity index is 1.63. The van der Waals surface area contributed by atoms with Crippen LogP contribution < -0.4 is 20.2 Å². The number of methoxy groups -OCH3 is 1. The molecule has 0 aliphatic carbocycles. The second-order valence-electron chi connectivity index (χ2n) is 7.03. The molecule has 7 nitrogen and oxygen atoms in total. The van der Waals surface area contributed by atoms with E-state index in [-0.39, 0.29) is 12.4 Å². The van der Waals surface area contributed by atoms with Gasteiger partial charge in [-0.1, -0.05) is 35.9 Å². The maximum Gasteiger partial charge on any atom is 0.329 e. The van der Waals surface area contributed by atoms with Crippen molar-refractivity contribution in [2.24, 2.45) is 5.10 Å². The van der Waals surface area contributed by atoms with Gasteiger partial charge < -0.3 is 14.8 Å². The zero-order valence-electron chi connectivity index (χ0n) is 18.2. The van der Waals surface area contributed by atoms with Crippen molar-refractivity contribution in [1.29, 1.82) is 0 Å². The predicted octanol–water partition coefficient (Wildman–Crippen LogP) is 5.23. The van der Waals surface area contributed by atoms with Gasteiger partial charge >= 0.3 is 11.8 Å². The summed E-state index contributed by atoms with van der Waals surface area (Å²) in [6.07, 6.45) is 1.34. The van der Waals surface area contributed by atoms with Crippen molar-refractivity contribution >= 4 is 51.2 Å². The first kappa shape index (κ1) is 25.2. The number of carbonyl (C=O) groups excluding carboxylic acids is 2. The van der Waals surface area contributed by atoms with Gasteiger partial charge in [-0.05, 0) is 64.3 Å². The van der Waals surface area contributed by atoms with Gasteiger partial charge in [0.05, 0.1) is 17.8 Å². The molecule has 0 saturated heterocycles. The summed E-state index contributed by atoms with van der Waals surface area (Å²) in [5.74, 6) is -1.47. The third-order valence-corrected chi connectivity index (χ3v) is 5.59. The van der Waals surface area contributed by atoms with Crippen LogP contribution in [-0.2, 0) is 16.2 Å². The maximum atomic E-state index is 13.8. The van der Waals surface area contributed by atoms with E-state index in [1.54, 1.807) is 48.5 Å². The van der Waals surface area contributed by atoms with Gasteiger partial charge in [-0.25, -0.2) is 9.82 Å². The minimum atomic E-state index is -0.955. The second-order valence-corrected chi connectivity index (χ2v) is 8.29. The van der Waals surface area contributed by atoms with E-state index in [0.717, 1.165) is 5.56 Å². The number of amides is 2. The summed E-state index contributed by atoms with van der Waals surface area (Å²) in [6.45, 7) is 1.83. The molecule has 3 aromatic rings. The van der Waals surface area contributed by atoms with Gasteiger partial charge in [0.15, 0.2) is 11.5 Å². The van der Waals surface area contributed by atoms with Crippen LogP contribution in [-0.4, -0.2) is 25.1 Å². The van der Waals surface area contributed by atoms with Crippen LogP contribution in [0, 0.1) is 12.7 Å². The molecule has 0 heterocycles. The van der Waals surface area contributed by atoms with Gasteiger partial charge in [0.25, 0.3) is 0 Å². The molecule has 0 fully saturated rings. The Labute approximate surface area is 209 Å². The molecular weight excluding hydrogens is 529 g/mol. The highest BCUT2D eigenvalue weighted by molar-refractivity contribution is 9.10. The summed E-state index contributed by atoms with van der Waals surface area (Å²) in [6, 6.07) is 14.5. The molecule has 3 aromatic carbocycles. The second kappa shape index (κ2) is 11.6. The van der Waals surface area contributed by atoms with Crippen molar-refractivity contribution in [3.05, 3.63) is 86.6 Å². The SMILES string of the molecule is COc1cc(/C=N/NC(=O)C(=O)Nc2ccc(C)c(Cl)c2)cc(Br)c1OCc1ccccc1F. The lowest BCUT2D eigenvalue weighted by Gasteiger charge is -2.14. The number of hydrogen-bond acceptors (Lipinski definition) is 5. The Morgan fingerprint density at radius 2 is 1.91 bits per heavy atom. The fourth-order valence-corrected chi connectivity index (χ4v) is 3.55. The molecule has 2 N–H and O–H groups in total. The molecule has 3 rings (SSSR count). The average Bonchev–Trinajstić information content (AvgIpc) is 2.81. The van der Waals surface area contributed by atoms with Crippen molar-refractivity contribution in [3.8, 4) is 11.5 Å². The van der Waals surface area contributed by atoms with Crippen LogP contribution in [0.2, 0.25) is 5.02 Å². The molecule has 2 amide bonds. The highest BCUT2D eigenvalue weighted by atomic mass is 79.9. The average molecular weight is 549 g/mol. The topological polar surface area (TPSA) is 89.0 Å². The first-order valence-corrected chi connectivity index (χ1v) is 11.1. The number of benzene rings is 3. The van der Waals surface area contributed by atoms with Crippen LogP contribution in [0.25, 0.3) is 0 Å². The normalized spacial score (nSPS) is 10.7. The molecule has 10 heteroatoms. The van der Waals surface area contributed by atoms with E-state index in [2.05, 4.69) is 31.8 Å². The number of halogens is 3. The first-order chi connectivity index (χ1) is 16.3. The molecule has 0 unspecified atom stereocenters. The smallest absolute Gasteiger partial charge is 0.329 e. The van der Waals surface area contributed by atoms with Crippen LogP contribution in [0.4, 0.5) is 10.1 Å². The summed E-state index contributed by atoms with van der Waals surface area (Å²) in [7, 11) is 1.46. The molecule has 0 bridgehead atoms. The van der Waals surface area contributed by atoms with E-state index in [4.69, 9.17) is 21.1 Å². The quantitative estimate of drug-likeness (QED) is 0.241. The van der Waals surface area contributed by atoms with Crippen LogP contribution in [0.15, 0.2) is 64.2 Å². The van der Waals surface area contributed by atoms with Gasteiger partial charge in [0.1, 0.15) is 12.4 Å². The molecule has 0 aromatic heterocycles. The van der Waals surface area contributed by atoms with Crippen LogP contribution >= 0.6 is 27.5 Å². The lowest BCUT2D eigenvalue weighted by atomic mass is 10.2. The van der Waals surface area contributed by atoms with Gasteiger partial charge in [-0.15, -0.1) is 0 Å². The minimum Gasteiger partial charge on any atom is -0.493 e. The van der Waals surface area contributed by atoms with Gasteiger partial charge in [-0.3, -0.25) is 9.59 Å². The number of hydrazone groups is 1. The zero-order chi connectivity index (χ0) is 24.7. The molecular formula is C24H20BrClFN3O4. The Morgan fingerprint density at radius 1 is 1.15 bits per heavy atom. The molecule has 176 valence electrons. The van der Waals surface area contributed by atoms with E-state index in [1.165, 1.54) is 19.4 Å². The van der Waals surface area contributed by atoms with Crippen molar-refractivity contribution in [1.82, 2.24) is 5.43 Å². The van der Waals surface area contributed by atoms with E-state index in [9.17, 15) is 14.0 Å². The van der Waals surface area contributed by atoms with E-state index >= 15 is 0 Å². The Bertz CT molecular complexity index is 1250. The Hall–Kier alpha value is -3.43. The lowest BCUT2D eigenvalue weighted by molar-refractivity contribution is -0.136. The molecule has 0 saturated carbocycles. The third kappa shape index (κ3) is 6.55. The summed E-state index contributed by atoms with van der Waals surface area (Å²) >= 11 is 9.42. The monoisotopic (exact) mass is 547 g/mol. The van der Waals surface area contributed by atoms with Crippen LogP contribution in [0.1, 0.15) is 16.7 Å². The Kier molecular flexibility index (Phi) is 8.61. The third-order valence-electron chi connectivity index (χ3n) is 4.60. The number of rotatable bonds is 7. The Morgan fingerprint density at radius 3 is 2.62 bits per heavy atom. The minimum absolute atomic E-state index is 0.00638. The fourth-order valence-electron chi connectivity index (χ4n) is 2.79. The van der Waals surface area contributed by atoms with Crippen LogP contribution in [0.5, 0.6) is 11.5 Å². The number of ether oxygens (including phenoxy) is 2. The number of nitrogens with one attached hydrogen (secondary N) is 2. The summed E-state index contributed by atoms with van der Waals surface area (Å²) < 4.78 is 25.5. The first-order valence-electron chi connectivity index (χ1n) is 9.92. The van der Waals surface area contributed by atoms with Gasteiger partial charge in [0, 0.05) is 16.3 Å². The van der Waals surface area contributed by atoms with Crippen molar-refractivity contribution < 1.29 is 23.5 Å². The highest BCUT2D eigenvalue weighted by Crippen LogP contribution is 2.37. The zero-order valence-corrected chi connectivity index (χ0v) is 20.5. The summed E-state index contributed by atoms with van der Waals surface area (Å²) in [5, 5.41) is 6.72. The number of hydrogen-bond donors (Lipinski definition) is 2. The van der Waals surface area contributed by atoms with Gasteiger partial charge in [0.2, 0.25) is 0 Å². The van der Waals surface area contributed by atoms with Crippen molar-refractivity contribution in [3.63, 3.8) is 0 Å². The van der Waals surface area contributed by atoms with E-state index in [1.807, 2.05) is 6.92 Å². The molecule has 34 heavy (non-hydrogen) atoms. The molecule has 0 spiro atoms. The molecule has 0 radical (unpaired) electrons. The molecule has 0 aliphatic rings. The highest BCUT2D eigenvalue weighted by Gasteiger charge is 2.15. The van der Waals surface area contributed by atoms with E-state index in [0.29, 0.717) is 37.8 Å². The van der Waals surface area contributed by atoms with Crippen molar-refractivity contribution in [2.45, 2.75) is 13.5 Å². The number of nitrogens with zero attached hydrogens (tertiary/aromatic N) is 1. The van der Waals surface area contributed by atoms with Gasteiger partial charge in [-0.2, -0.15) is 5.10 Å². The fraction of sp³-hybridized carbons (Fsp3) is 0.125. The molecule has 0 atom stereocenters. The number of anilines is 1. The summed E-state index contributed by atoms with van der Waals surface area (Å²) in [4.78, 5) is 24.1. The molecule has 0 aliphatic heterocycles. The number of aryl methyl sites for hydroxylation is 1.